The van der Waals surface area contributed by atoms with Crippen molar-refractivity contribution in [2.75, 3.05) is 5.73 Å². The molecule has 1 amide bonds. The Hall–Kier alpha value is -4.44. The molecule has 0 radical (unpaired) electrons. The number of benzene rings is 2. The number of aryl methyl sites for hydroxylation is 1. The van der Waals surface area contributed by atoms with E-state index in [9.17, 15) is 9.18 Å². The second-order valence-electron chi connectivity index (χ2n) is 7.21. The van der Waals surface area contributed by atoms with Crippen LogP contribution >= 0.6 is 0 Å². The number of nitrogen functional groups attached to an aromatic ring is 1. The third-order valence-electron chi connectivity index (χ3n) is 4.75. The van der Waals surface area contributed by atoms with Crippen molar-refractivity contribution >= 4 is 11.7 Å². The van der Waals surface area contributed by atoms with Gasteiger partial charge in [-0.2, -0.15) is 5.10 Å². The van der Waals surface area contributed by atoms with E-state index in [-0.39, 0.29) is 17.3 Å². The Labute approximate surface area is 184 Å². The summed E-state index contributed by atoms with van der Waals surface area (Å²) in [6, 6.07) is 15.3. The maximum atomic E-state index is 14.2. The number of rotatable bonds is 4. The molecule has 0 saturated heterocycles. The second-order valence-corrected chi connectivity index (χ2v) is 7.21. The number of pyridine rings is 1. The van der Waals surface area contributed by atoms with Crippen LogP contribution in [0.4, 0.5) is 10.2 Å². The van der Waals surface area contributed by atoms with Crippen LogP contribution < -0.4 is 11.1 Å². The van der Waals surface area contributed by atoms with E-state index in [1.807, 2.05) is 43.6 Å². The molecule has 0 fully saturated rings. The van der Waals surface area contributed by atoms with Gasteiger partial charge in [-0.3, -0.25) is 9.48 Å². The number of halogens is 1. The molecule has 0 unspecified atom stereocenters. The summed E-state index contributed by atoms with van der Waals surface area (Å²) >= 11 is 0. The summed E-state index contributed by atoms with van der Waals surface area (Å²) in [4.78, 5) is 16.7. The van der Waals surface area contributed by atoms with Gasteiger partial charge in [0.1, 0.15) is 11.6 Å². The van der Waals surface area contributed by atoms with Crippen LogP contribution in [0.25, 0.3) is 11.1 Å². The van der Waals surface area contributed by atoms with Gasteiger partial charge in [0.15, 0.2) is 0 Å². The summed E-state index contributed by atoms with van der Waals surface area (Å²) in [5.74, 6) is 5.16. The lowest BCUT2D eigenvalue weighted by atomic mass is 10.1. The minimum Gasteiger partial charge on any atom is -0.383 e. The molecular weight excluding hydrogens is 405 g/mol. The molecule has 2 heterocycles. The lowest BCUT2D eigenvalue weighted by Gasteiger charge is -2.06. The number of nitrogens with one attached hydrogen (secondary N) is 1. The summed E-state index contributed by atoms with van der Waals surface area (Å²) in [5, 5.41) is 6.94. The average Bonchev–Trinajstić information content (AvgIpc) is 3.23. The normalized spacial score (nSPS) is 10.3. The molecular formula is C25H20FN5O. The molecule has 158 valence electrons. The molecule has 0 aliphatic heterocycles. The SMILES string of the molecule is Cn1cc(-c2cnc(N)c(C#Cc3cc(F)cc(C(=O)NCc4ccccc4)c3)c2)cn1. The van der Waals surface area contributed by atoms with Crippen molar-refractivity contribution in [3.63, 3.8) is 0 Å². The minimum atomic E-state index is -0.545. The van der Waals surface area contributed by atoms with Crippen LogP contribution in [0.15, 0.2) is 73.2 Å². The highest BCUT2D eigenvalue weighted by Crippen LogP contribution is 2.21. The molecule has 7 heteroatoms. The summed E-state index contributed by atoms with van der Waals surface area (Å²) < 4.78 is 15.8. The average molecular weight is 425 g/mol. The molecule has 0 spiro atoms. The van der Waals surface area contributed by atoms with Crippen molar-refractivity contribution in [2.24, 2.45) is 7.05 Å². The number of hydrogen-bond donors (Lipinski definition) is 2. The Kier molecular flexibility index (Phi) is 5.95. The van der Waals surface area contributed by atoms with Crippen LogP contribution in [0.5, 0.6) is 0 Å². The van der Waals surface area contributed by atoms with E-state index in [1.165, 1.54) is 12.1 Å². The van der Waals surface area contributed by atoms with Crippen molar-refractivity contribution in [3.05, 3.63) is 101 Å². The molecule has 4 rings (SSSR count). The van der Waals surface area contributed by atoms with Gasteiger partial charge in [-0.15, -0.1) is 0 Å². The van der Waals surface area contributed by atoms with E-state index in [1.54, 1.807) is 29.2 Å². The Balaban J connectivity index is 1.56. The van der Waals surface area contributed by atoms with Gasteiger partial charge in [0, 0.05) is 48.2 Å². The molecule has 0 aliphatic carbocycles. The van der Waals surface area contributed by atoms with Crippen LogP contribution in [0.2, 0.25) is 0 Å². The molecule has 32 heavy (non-hydrogen) atoms. The fourth-order valence-electron chi connectivity index (χ4n) is 3.12. The van der Waals surface area contributed by atoms with Gasteiger partial charge in [0.25, 0.3) is 5.91 Å². The largest absolute Gasteiger partial charge is 0.383 e. The zero-order chi connectivity index (χ0) is 22.5. The quantitative estimate of drug-likeness (QED) is 0.490. The highest BCUT2D eigenvalue weighted by Gasteiger charge is 2.09. The third kappa shape index (κ3) is 4.99. The number of carbonyl (C=O) groups excluding carboxylic acids is 1. The summed E-state index contributed by atoms with van der Waals surface area (Å²) in [6.07, 6.45) is 5.23. The Morgan fingerprint density at radius 2 is 1.91 bits per heavy atom. The lowest BCUT2D eigenvalue weighted by Crippen LogP contribution is -2.23. The van der Waals surface area contributed by atoms with Gasteiger partial charge in [0.05, 0.1) is 11.8 Å². The first kappa shape index (κ1) is 20.8. The molecule has 2 aromatic heterocycles. The number of anilines is 1. The van der Waals surface area contributed by atoms with E-state index in [0.717, 1.165) is 16.7 Å². The predicted octanol–water partition coefficient (Wildman–Crippen LogP) is 3.53. The van der Waals surface area contributed by atoms with Gasteiger partial charge < -0.3 is 11.1 Å². The molecule has 0 saturated carbocycles. The van der Waals surface area contributed by atoms with Gasteiger partial charge >= 0.3 is 0 Å². The zero-order valence-electron chi connectivity index (χ0n) is 17.3. The smallest absolute Gasteiger partial charge is 0.251 e. The first-order chi connectivity index (χ1) is 15.5. The van der Waals surface area contributed by atoms with Crippen LogP contribution in [0.3, 0.4) is 0 Å². The van der Waals surface area contributed by atoms with Crippen molar-refractivity contribution in [1.82, 2.24) is 20.1 Å². The van der Waals surface area contributed by atoms with Gasteiger partial charge in [-0.05, 0) is 29.8 Å². The molecule has 2 aromatic carbocycles. The number of nitrogens with two attached hydrogens (primary N) is 1. The number of hydrogen-bond acceptors (Lipinski definition) is 4. The highest BCUT2D eigenvalue weighted by molar-refractivity contribution is 5.94. The van der Waals surface area contributed by atoms with Crippen LogP contribution in [-0.4, -0.2) is 20.7 Å². The van der Waals surface area contributed by atoms with E-state index in [4.69, 9.17) is 5.73 Å². The van der Waals surface area contributed by atoms with Crippen LogP contribution in [-0.2, 0) is 13.6 Å². The van der Waals surface area contributed by atoms with Gasteiger partial charge in [-0.25, -0.2) is 9.37 Å². The fourth-order valence-corrected chi connectivity index (χ4v) is 3.12. The van der Waals surface area contributed by atoms with E-state index < -0.39 is 5.82 Å². The Morgan fingerprint density at radius 3 is 2.66 bits per heavy atom. The third-order valence-corrected chi connectivity index (χ3v) is 4.75. The number of aromatic nitrogens is 3. The van der Waals surface area contributed by atoms with Crippen LogP contribution in [0, 0.1) is 17.7 Å². The summed E-state index contributed by atoms with van der Waals surface area (Å²) in [7, 11) is 1.83. The molecule has 4 aromatic rings. The van der Waals surface area contributed by atoms with Gasteiger partial charge in [-0.1, -0.05) is 42.2 Å². The monoisotopic (exact) mass is 425 g/mol. The minimum absolute atomic E-state index is 0.195. The molecule has 0 atom stereocenters. The fraction of sp³-hybridized carbons (Fsp3) is 0.0800. The molecule has 3 N–H and O–H groups in total. The number of nitrogens with zero attached hydrogens (tertiary/aromatic N) is 3. The van der Waals surface area contributed by atoms with E-state index in [2.05, 4.69) is 27.2 Å². The summed E-state index contributed by atoms with van der Waals surface area (Å²) in [6.45, 7) is 0.348. The predicted molar refractivity (Wildman–Crippen MR) is 121 cm³/mol. The van der Waals surface area contributed by atoms with E-state index in [0.29, 0.717) is 17.7 Å². The van der Waals surface area contributed by atoms with Crippen molar-refractivity contribution in [2.45, 2.75) is 6.54 Å². The first-order valence-corrected chi connectivity index (χ1v) is 9.87. The highest BCUT2D eigenvalue weighted by atomic mass is 19.1. The van der Waals surface area contributed by atoms with E-state index >= 15 is 0 Å². The second kappa shape index (κ2) is 9.14. The molecule has 0 bridgehead atoms. The maximum Gasteiger partial charge on any atom is 0.251 e. The summed E-state index contributed by atoms with van der Waals surface area (Å²) in [5.41, 5.74) is 9.68. The maximum absolute atomic E-state index is 14.2. The van der Waals surface area contributed by atoms with Gasteiger partial charge in [0.2, 0.25) is 0 Å². The Morgan fingerprint density at radius 1 is 1.09 bits per heavy atom. The number of carbonyl (C=O) groups is 1. The van der Waals surface area contributed by atoms with Crippen molar-refractivity contribution in [1.29, 1.82) is 0 Å². The zero-order valence-corrected chi connectivity index (χ0v) is 17.3. The standard InChI is InChI=1S/C25H20FN5O/c1-31-16-22(15-30-31)21-11-19(24(27)28-14-21)8-7-18-9-20(12-23(26)10-18)25(32)29-13-17-5-3-2-4-6-17/h2-6,9-12,14-16H,13H2,1H3,(H2,27,28)(H,29,32). The topological polar surface area (TPSA) is 85.8 Å². The van der Waals surface area contributed by atoms with Crippen molar-refractivity contribution < 1.29 is 9.18 Å². The molecule has 0 aliphatic rings. The first-order valence-electron chi connectivity index (χ1n) is 9.87. The van der Waals surface area contributed by atoms with Crippen molar-refractivity contribution in [3.8, 4) is 23.0 Å². The Bertz CT molecular complexity index is 1340. The number of amides is 1. The van der Waals surface area contributed by atoms with Crippen LogP contribution in [0.1, 0.15) is 27.0 Å². The molecule has 6 nitrogen and oxygen atoms in total. The lowest BCUT2D eigenvalue weighted by molar-refractivity contribution is 0.0950.